The molecule has 1 aromatic rings. The van der Waals surface area contributed by atoms with Crippen molar-refractivity contribution in [3.8, 4) is 12.3 Å². The third-order valence-electron chi connectivity index (χ3n) is 1.74. The topological polar surface area (TPSA) is 41.1 Å². The van der Waals surface area contributed by atoms with Crippen LogP contribution in [0.1, 0.15) is 0 Å². The van der Waals surface area contributed by atoms with Crippen LogP contribution in [-0.4, -0.2) is 19.0 Å². The molecule has 0 saturated carbocycles. The molecule has 0 atom stereocenters. The number of carbonyl (C=O) groups is 1. The van der Waals surface area contributed by atoms with E-state index >= 15 is 0 Å². The molecule has 1 aromatic carbocycles. The number of nitrogens with one attached hydrogen (secondary N) is 2. The van der Waals surface area contributed by atoms with Gasteiger partial charge in [-0.3, -0.25) is 10.1 Å². The van der Waals surface area contributed by atoms with Crippen LogP contribution in [0.3, 0.4) is 0 Å². The van der Waals surface area contributed by atoms with E-state index in [1.165, 1.54) is 0 Å². The Morgan fingerprint density at radius 3 is 2.56 bits per heavy atom. The maximum Gasteiger partial charge on any atom is 0.238 e. The first-order valence-electron chi connectivity index (χ1n) is 4.53. The highest BCUT2D eigenvalue weighted by Crippen LogP contribution is 2.30. The molecule has 16 heavy (non-hydrogen) atoms. The largest absolute Gasteiger partial charge is 0.323 e. The predicted octanol–water partition coefficient (Wildman–Crippen LogP) is 2.37. The Hall–Kier alpha value is -0.830. The summed E-state index contributed by atoms with van der Waals surface area (Å²) in [5.74, 6) is 2.26. The molecule has 0 aliphatic carbocycles. The van der Waals surface area contributed by atoms with Crippen LogP contribution in [-0.2, 0) is 4.79 Å². The monoisotopic (exact) mass is 344 g/mol. The zero-order chi connectivity index (χ0) is 12.0. The molecule has 0 aromatic heterocycles. The van der Waals surface area contributed by atoms with E-state index in [1.807, 2.05) is 18.2 Å². The van der Waals surface area contributed by atoms with E-state index in [4.69, 9.17) is 6.42 Å². The molecule has 0 saturated heterocycles. The lowest BCUT2D eigenvalue weighted by Crippen LogP contribution is -2.28. The molecular weight excluding hydrogens is 336 g/mol. The van der Waals surface area contributed by atoms with Gasteiger partial charge in [0.25, 0.3) is 0 Å². The molecule has 1 rings (SSSR count). The highest BCUT2D eigenvalue weighted by Gasteiger charge is 2.07. The van der Waals surface area contributed by atoms with Crippen LogP contribution in [0.15, 0.2) is 27.1 Å². The summed E-state index contributed by atoms with van der Waals surface area (Å²) in [5.41, 5.74) is 0.718. The molecule has 5 heteroatoms. The van der Waals surface area contributed by atoms with Crippen molar-refractivity contribution in [1.82, 2.24) is 5.32 Å². The van der Waals surface area contributed by atoms with E-state index < -0.39 is 0 Å². The van der Waals surface area contributed by atoms with Crippen LogP contribution in [0.4, 0.5) is 5.69 Å². The second-order valence-electron chi connectivity index (χ2n) is 2.95. The van der Waals surface area contributed by atoms with Crippen molar-refractivity contribution in [1.29, 1.82) is 0 Å². The van der Waals surface area contributed by atoms with Crippen LogP contribution >= 0.6 is 31.9 Å². The quantitative estimate of drug-likeness (QED) is 0.649. The summed E-state index contributed by atoms with van der Waals surface area (Å²) in [6, 6.07) is 5.59. The van der Waals surface area contributed by atoms with Gasteiger partial charge >= 0.3 is 0 Å². The summed E-state index contributed by atoms with van der Waals surface area (Å²) in [6.07, 6.45) is 5.06. The van der Waals surface area contributed by atoms with Gasteiger partial charge in [0.15, 0.2) is 0 Å². The minimum Gasteiger partial charge on any atom is -0.323 e. The normalized spacial score (nSPS) is 9.56. The van der Waals surface area contributed by atoms with Gasteiger partial charge in [0.05, 0.1) is 18.8 Å². The summed E-state index contributed by atoms with van der Waals surface area (Å²) in [4.78, 5) is 11.5. The first-order valence-corrected chi connectivity index (χ1v) is 6.11. The summed E-state index contributed by atoms with van der Waals surface area (Å²) < 4.78 is 1.65. The van der Waals surface area contributed by atoms with Gasteiger partial charge in [0, 0.05) is 8.95 Å². The van der Waals surface area contributed by atoms with Gasteiger partial charge < -0.3 is 5.32 Å². The van der Waals surface area contributed by atoms with Crippen molar-refractivity contribution in [2.24, 2.45) is 0 Å². The maximum absolute atomic E-state index is 11.5. The first-order chi connectivity index (χ1) is 7.65. The van der Waals surface area contributed by atoms with Crippen molar-refractivity contribution in [3.05, 3.63) is 27.1 Å². The fraction of sp³-hybridized carbons (Fsp3) is 0.182. The number of hydrogen-bond acceptors (Lipinski definition) is 2. The standard InChI is InChI=1S/C11H10Br2N2O/c1-2-6-14-7-10(16)15-11-8(12)4-3-5-9(11)13/h1,3-5,14H,6-7H2,(H,15,16). The van der Waals surface area contributed by atoms with E-state index in [2.05, 4.69) is 48.4 Å². The smallest absolute Gasteiger partial charge is 0.238 e. The Morgan fingerprint density at radius 1 is 1.38 bits per heavy atom. The Labute approximate surface area is 111 Å². The third-order valence-corrected chi connectivity index (χ3v) is 3.06. The zero-order valence-electron chi connectivity index (χ0n) is 8.39. The van der Waals surface area contributed by atoms with Gasteiger partial charge in [-0.1, -0.05) is 12.0 Å². The number of hydrogen-bond donors (Lipinski definition) is 2. The van der Waals surface area contributed by atoms with Crippen molar-refractivity contribution < 1.29 is 4.79 Å². The van der Waals surface area contributed by atoms with Crippen molar-refractivity contribution in [2.45, 2.75) is 0 Å². The van der Waals surface area contributed by atoms with E-state index in [-0.39, 0.29) is 12.5 Å². The summed E-state index contributed by atoms with van der Waals surface area (Å²) >= 11 is 6.72. The zero-order valence-corrected chi connectivity index (χ0v) is 11.6. The molecule has 0 heterocycles. The van der Waals surface area contributed by atoms with Gasteiger partial charge in [-0.05, 0) is 44.0 Å². The molecular formula is C11H10Br2N2O. The van der Waals surface area contributed by atoms with Crippen LogP contribution in [0.25, 0.3) is 0 Å². The van der Waals surface area contributed by atoms with E-state index in [1.54, 1.807) is 0 Å². The lowest BCUT2D eigenvalue weighted by Gasteiger charge is -2.09. The lowest BCUT2D eigenvalue weighted by molar-refractivity contribution is -0.115. The average molecular weight is 346 g/mol. The second kappa shape index (κ2) is 6.69. The number of terminal acetylenes is 1. The van der Waals surface area contributed by atoms with Gasteiger partial charge in [0.2, 0.25) is 5.91 Å². The highest BCUT2D eigenvalue weighted by atomic mass is 79.9. The predicted molar refractivity (Wildman–Crippen MR) is 72.2 cm³/mol. The molecule has 0 aliphatic rings. The molecule has 84 valence electrons. The molecule has 0 spiro atoms. The maximum atomic E-state index is 11.5. The molecule has 0 bridgehead atoms. The van der Waals surface area contributed by atoms with Gasteiger partial charge in [-0.15, -0.1) is 6.42 Å². The molecule has 0 aliphatic heterocycles. The van der Waals surface area contributed by atoms with Crippen LogP contribution in [0, 0.1) is 12.3 Å². The van der Waals surface area contributed by atoms with Gasteiger partial charge in [-0.2, -0.15) is 0 Å². The van der Waals surface area contributed by atoms with Crippen molar-refractivity contribution in [3.63, 3.8) is 0 Å². The molecule has 1 amide bonds. The van der Waals surface area contributed by atoms with E-state index in [9.17, 15) is 4.79 Å². The fourth-order valence-electron chi connectivity index (χ4n) is 1.05. The van der Waals surface area contributed by atoms with Crippen molar-refractivity contribution in [2.75, 3.05) is 18.4 Å². The highest BCUT2D eigenvalue weighted by molar-refractivity contribution is 9.11. The average Bonchev–Trinajstić information content (AvgIpc) is 2.24. The van der Waals surface area contributed by atoms with Crippen LogP contribution in [0.5, 0.6) is 0 Å². The van der Waals surface area contributed by atoms with E-state index in [0.29, 0.717) is 6.54 Å². The molecule has 0 unspecified atom stereocenters. The van der Waals surface area contributed by atoms with Crippen LogP contribution in [0.2, 0.25) is 0 Å². The van der Waals surface area contributed by atoms with Gasteiger partial charge in [0.1, 0.15) is 0 Å². The second-order valence-corrected chi connectivity index (χ2v) is 4.66. The Balaban J connectivity index is 2.60. The summed E-state index contributed by atoms with van der Waals surface area (Å²) in [6.45, 7) is 0.572. The minimum atomic E-state index is -0.136. The Bertz CT molecular complexity index is 406. The third kappa shape index (κ3) is 3.97. The number of amides is 1. The molecule has 0 fully saturated rings. The number of benzene rings is 1. The lowest BCUT2D eigenvalue weighted by atomic mass is 10.3. The number of halogens is 2. The van der Waals surface area contributed by atoms with E-state index in [0.717, 1.165) is 14.6 Å². The Morgan fingerprint density at radius 2 is 2.00 bits per heavy atom. The number of anilines is 1. The first kappa shape index (κ1) is 13.2. The molecule has 2 N–H and O–H groups in total. The summed E-state index contributed by atoms with van der Waals surface area (Å²) in [7, 11) is 0. The van der Waals surface area contributed by atoms with Crippen molar-refractivity contribution >= 4 is 43.5 Å². The fourth-order valence-corrected chi connectivity index (χ4v) is 2.25. The molecule has 3 nitrogen and oxygen atoms in total. The van der Waals surface area contributed by atoms with Gasteiger partial charge in [-0.25, -0.2) is 0 Å². The number of para-hydroxylation sites is 1. The Kier molecular flexibility index (Phi) is 5.53. The SMILES string of the molecule is C#CCNCC(=O)Nc1c(Br)cccc1Br. The van der Waals surface area contributed by atoms with Crippen LogP contribution < -0.4 is 10.6 Å². The summed E-state index contributed by atoms with van der Waals surface area (Å²) in [5, 5.41) is 5.59. The molecule has 0 radical (unpaired) electrons. The minimum absolute atomic E-state index is 0.136. The number of carbonyl (C=O) groups excluding carboxylic acids is 1. The number of rotatable bonds is 4.